The molecule has 1 fully saturated rings. The van der Waals surface area contributed by atoms with E-state index in [4.69, 9.17) is 4.74 Å². The summed E-state index contributed by atoms with van der Waals surface area (Å²) in [6.07, 6.45) is 2.21. The van der Waals surface area contributed by atoms with Gasteiger partial charge >= 0.3 is 0 Å². The molecule has 1 saturated heterocycles. The van der Waals surface area contributed by atoms with Crippen LogP contribution in [0.1, 0.15) is 32.3 Å². The van der Waals surface area contributed by atoms with Crippen molar-refractivity contribution in [3.63, 3.8) is 0 Å². The topological polar surface area (TPSA) is 44.7 Å². The summed E-state index contributed by atoms with van der Waals surface area (Å²) in [4.78, 5) is 2.38. The van der Waals surface area contributed by atoms with Crippen molar-refractivity contribution in [3.05, 3.63) is 29.8 Å². The van der Waals surface area contributed by atoms with E-state index < -0.39 is 0 Å². The number of likely N-dealkylation sites (tertiary alicyclic amines) is 1. The smallest absolute Gasteiger partial charge is 0.119 e. The number of nitrogens with zero attached hydrogens (tertiary/aromatic N) is 1. The Morgan fingerprint density at radius 3 is 2.86 bits per heavy atom. The van der Waals surface area contributed by atoms with Crippen LogP contribution in [-0.4, -0.2) is 48.9 Å². The van der Waals surface area contributed by atoms with E-state index in [1.807, 2.05) is 19.1 Å². The van der Waals surface area contributed by atoms with E-state index in [9.17, 15) is 5.11 Å². The summed E-state index contributed by atoms with van der Waals surface area (Å²) in [5.74, 6) is 1.74. The molecule has 0 bridgehead atoms. The van der Waals surface area contributed by atoms with Gasteiger partial charge in [0.25, 0.3) is 0 Å². The van der Waals surface area contributed by atoms with Crippen molar-refractivity contribution in [2.75, 3.05) is 32.8 Å². The first-order valence-corrected chi connectivity index (χ1v) is 8.50. The van der Waals surface area contributed by atoms with Crippen molar-refractivity contribution in [2.45, 2.75) is 39.3 Å². The summed E-state index contributed by atoms with van der Waals surface area (Å²) in [7, 11) is 0. The molecule has 0 radical (unpaired) electrons. The summed E-state index contributed by atoms with van der Waals surface area (Å²) in [6, 6.07) is 8.11. The normalized spacial score (nSPS) is 18.3. The Morgan fingerprint density at radius 1 is 1.36 bits per heavy atom. The first kappa shape index (κ1) is 17.3. The van der Waals surface area contributed by atoms with Gasteiger partial charge < -0.3 is 20.1 Å². The lowest BCUT2D eigenvalue weighted by Crippen LogP contribution is -2.41. The molecule has 0 spiro atoms. The van der Waals surface area contributed by atoms with E-state index in [0.29, 0.717) is 13.2 Å². The largest absolute Gasteiger partial charge is 0.494 e. The number of nitrogens with one attached hydrogen (secondary N) is 1. The lowest BCUT2D eigenvalue weighted by atomic mass is 9.99. The van der Waals surface area contributed by atoms with Gasteiger partial charge in [-0.25, -0.2) is 0 Å². The molecule has 1 aromatic rings. The van der Waals surface area contributed by atoms with Gasteiger partial charge in [-0.3, -0.25) is 0 Å². The van der Waals surface area contributed by atoms with E-state index in [-0.39, 0.29) is 6.10 Å². The molecule has 0 saturated carbocycles. The Hall–Kier alpha value is -1.10. The van der Waals surface area contributed by atoms with E-state index in [0.717, 1.165) is 37.8 Å². The molecular formula is C18H30N2O2. The number of β-amino-alcohol motifs (C(OH)–C–C–N with tert-alkyl or cyclic N) is 1. The molecule has 124 valence electrons. The van der Waals surface area contributed by atoms with Crippen LogP contribution in [0.2, 0.25) is 0 Å². The lowest BCUT2D eigenvalue weighted by Gasteiger charge is -2.31. The number of aliphatic hydroxyl groups is 1. The van der Waals surface area contributed by atoms with E-state index in [1.165, 1.54) is 18.4 Å². The van der Waals surface area contributed by atoms with Crippen molar-refractivity contribution in [1.29, 1.82) is 0 Å². The number of rotatable bonds is 8. The summed E-state index contributed by atoms with van der Waals surface area (Å²) < 4.78 is 5.50. The van der Waals surface area contributed by atoms with Crippen molar-refractivity contribution < 1.29 is 9.84 Å². The van der Waals surface area contributed by atoms with Crippen LogP contribution in [-0.2, 0) is 6.54 Å². The standard InChI is InChI=1S/C18H30N2O2/c1-3-22-18-6-4-5-16(11-18)12-19-13-17(21)14-20-9-7-15(2)8-10-20/h4-6,11,15,17,19,21H,3,7-10,12-14H2,1-2H3. The highest BCUT2D eigenvalue weighted by Crippen LogP contribution is 2.16. The highest BCUT2D eigenvalue weighted by atomic mass is 16.5. The van der Waals surface area contributed by atoms with E-state index in [2.05, 4.69) is 29.3 Å². The summed E-state index contributed by atoms with van der Waals surface area (Å²) in [5.41, 5.74) is 1.19. The van der Waals surface area contributed by atoms with Gasteiger partial charge in [0.1, 0.15) is 5.75 Å². The monoisotopic (exact) mass is 306 g/mol. The molecular weight excluding hydrogens is 276 g/mol. The molecule has 1 aliphatic rings. The van der Waals surface area contributed by atoms with Crippen molar-refractivity contribution in [3.8, 4) is 5.75 Å². The number of aliphatic hydroxyl groups excluding tert-OH is 1. The van der Waals surface area contributed by atoms with Gasteiger partial charge in [0, 0.05) is 19.6 Å². The third kappa shape index (κ3) is 5.95. The highest BCUT2D eigenvalue weighted by Gasteiger charge is 2.17. The quantitative estimate of drug-likeness (QED) is 0.773. The zero-order valence-electron chi connectivity index (χ0n) is 13.9. The number of hydrogen-bond acceptors (Lipinski definition) is 4. The van der Waals surface area contributed by atoms with E-state index >= 15 is 0 Å². The molecule has 1 atom stereocenters. The van der Waals surface area contributed by atoms with Crippen LogP contribution >= 0.6 is 0 Å². The lowest BCUT2D eigenvalue weighted by molar-refractivity contribution is 0.0907. The molecule has 2 rings (SSSR count). The third-order valence-corrected chi connectivity index (χ3v) is 4.26. The Morgan fingerprint density at radius 2 is 2.14 bits per heavy atom. The average Bonchev–Trinajstić information content (AvgIpc) is 2.50. The zero-order chi connectivity index (χ0) is 15.8. The molecule has 0 aliphatic carbocycles. The van der Waals surface area contributed by atoms with E-state index in [1.54, 1.807) is 0 Å². The number of piperidine rings is 1. The van der Waals surface area contributed by atoms with Crippen LogP contribution in [0.5, 0.6) is 5.75 Å². The van der Waals surface area contributed by atoms with Crippen LogP contribution in [0.25, 0.3) is 0 Å². The molecule has 4 nitrogen and oxygen atoms in total. The fraction of sp³-hybridized carbons (Fsp3) is 0.667. The molecule has 1 heterocycles. The molecule has 1 aliphatic heterocycles. The average molecular weight is 306 g/mol. The van der Waals surface area contributed by atoms with Crippen LogP contribution in [0.3, 0.4) is 0 Å². The van der Waals surface area contributed by atoms with Crippen LogP contribution in [0, 0.1) is 5.92 Å². The minimum atomic E-state index is -0.302. The number of ether oxygens (including phenoxy) is 1. The van der Waals surface area contributed by atoms with Gasteiger partial charge in [-0.1, -0.05) is 19.1 Å². The van der Waals surface area contributed by atoms with Crippen molar-refractivity contribution >= 4 is 0 Å². The second-order valence-electron chi connectivity index (χ2n) is 6.35. The second kappa shape index (κ2) is 9.13. The summed E-state index contributed by atoms with van der Waals surface area (Å²) >= 11 is 0. The van der Waals surface area contributed by atoms with Crippen molar-refractivity contribution in [1.82, 2.24) is 10.2 Å². The molecule has 0 aromatic heterocycles. The minimum absolute atomic E-state index is 0.302. The number of benzene rings is 1. The fourth-order valence-electron chi connectivity index (χ4n) is 2.90. The molecule has 22 heavy (non-hydrogen) atoms. The molecule has 4 heteroatoms. The Kier molecular flexibility index (Phi) is 7.16. The Labute approximate surface area is 134 Å². The molecule has 2 N–H and O–H groups in total. The minimum Gasteiger partial charge on any atom is -0.494 e. The second-order valence-corrected chi connectivity index (χ2v) is 6.35. The first-order valence-electron chi connectivity index (χ1n) is 8.50. The predicted molar refractivity (Wildman–Crippen MR) is 90.2 cm³/mol. The van der Waals surface area contributed by atoms with Gasteiger partial charge in [0.05, 0.1) is 12.7 Å². The molecule has 1 aromatic carbocycles. The van der Waals surface area contributed by atoms with Gasteiger partial charge in [0.15, 0.2) is 0 Å². The first-order chi connectivity index (χ1) is 10.7. The molecule has 0 amide bonds. The highest BCUT2D eigenvalue weighted by molar-refractivity contribution is 5.28. The predicted octanol–water partition coefficient (Wildman–Crippen LogP) is 2.27. The van der Waals surface area contributed by atoms with Gasteiger partial charge in [0.2, 0.25) is 0 Å². The third-order valence-electron chi connectivity index (χ3n) is 4.26. The maximum absolute atomic E-state index is 10.2. The number of hydrogen-bond donors (Lipinski definition) is 2. The van der Waals surface area contributed by atoms with Crippen LogP contribution in [0.4, 0.5) is 0 Å². The zero-order valence-corrected chi connectivity index (χ0v) is 13.9. The van der Waals surface area contributed by atoms with Crippen LogP contribution < -0.4 is 10.1 Å². The van der Waals surface area contributed by atoms with Crippen LogP contribution in [0.15, 0.2) is 24.3 Å². The Balaban J connectivity index is 1.66. The maximum Gasteiger partial charge on any atom is 0.119 e. The SMILES string of the molecule is CCOc1cccc(CNCC(O)CN2CCC(C)CC2)c1. The Bertz CT molecular complexity index is 431. The summed E-state index contributed by atoms with van der Waals surface area (Å²) in [6.45, 7) is 9.39. The summed E-state index contributed by atoms with van der Waals surface area (Å²) in [5, 5.41) is 13.5. The maximum atomic E-state index is 10.2. The van der Waals surface area contributed by atoms with Gasteiger partial charge in [-0.2, -0.15) is 0 Å². The van der Waals surface area contributed by atoms with Gasteiger partial charge in [-0.15, -0.1) is 0 Å². The van der Waals surface area contributed by atoms with Crippen molar-refractivity contribution in [2.24, 2.45) is 5.92 Å². The van der Waals surface area contributed by atoms with Gasteiger partial charge in [-0.05, 0) is 56.5 Å². The molecule has 1 unspecified atom stereocenters. The fourth-order valence-corrected chi connectivity index (χ4v) is 2.90.